The lowest BCUT2D eigenvalue weighted by molar-refractivity contribution is 0.330. The van der Waals surface area contributed by atoms with Crippen molar-refractivity contribution >= 4 is 21.8 Å². The summed E-state index contributed by atoms with van der Waals surface area (Å²) in [5.74, 6) is -0.523. The van der Waals surface area contributed by atoms with Crippen molar-refractivity contribution in [1.29, 1.82) is 0 Å². The van der Waals surface area contributed by atoms with Gasteiger partial charge in [-0.05, 0) is 49.2 Å². The SMILES string of the molecule is CN(Cc1c(F)cccc1Cl)S(=O)(=O)NCc1ccccc1CN1CCCC1. The van der Waals surface area contributed by atoms with Gasteiger partial charge in [-0.3, -0.25) is 4.90 Å². The Hall–Kier alpha value is -1.51. The van der Waals surface area contributed by atoms with Crippen LogP contribution < -0.4 is 4.72 Å². The number of nitrogens with one attached hydrogen (secondary N) is 1. The summed E-state index contributed by atoms with van der Waals surface area (Å²) in [6, 6.07) is 12.1. The van der Waals surface area contributed by atoms with Crippen LogP contribution in [0.2, 0.25) is 5.02 Å². The van der Waals surface area contributed by atoms with Crippen molar-refractivity contribution in [3.8, 4) is 0 Å². The predicted octanol–water partition coefficient (Wildman–Crippen LogP) is 3.54. The first-order valence-corrected chi connectivity index (χ1v) is 11.1. The van der Waals surface area contributed by atoms with E-state index in [4.69, 9.17) is 11.6 Å². The lowest BCUT2D eigenvalue weighted by Crippen LogP contribution is -2.37. The quantitative estimate of drug-likeness (QED) is 0.703. The number of hydrogen-bond donors (Lipinski definition) is 1. The second-order valence-corrected chi connectivity index (χ2v) is 9.30. The molecule has 2 aromatic carbocycles. The number of rotatable bonds is 8. The standard InChI is InChI=1S/C20H25ClFN3O2S/c1-24(15-18-19(21)9-6-10-20(18)22)28(26,27)23-13-16-7-2-3-8-17(16)14-25-11-4-5-12-25/h2-3,6-10,23H,4-5,11-15H2,1H3. The van der Waals surface area contributed by atoms with Crippen molar-refractivity contribution in [2.45, 2.75) is 32.5 Å². The van der Waals surface area contributed by atoms with Crippen molar-refractivity contribution < 1.29 is 12.8 Å². The molecule has 8 heteroatoms. The zero-order valence-electron chi connectivity index (χ0n) is 15.9. The minimum absolute atomic E-state index is 0.143. The molecular weight excluding hydrogens is 401 g/mol. The highest BCUT2D eigenvalue weighted by Gasteiger charge is 2.21. The molecule has 0 radical (unpaired) electrons. The first kappa shape index (κ1) is 21.2. The van der Waals surface area contributed by atoms with E-state index in [9.17, 15) is 12.8 Å². The Balaban J connectivity index is 1.66. The molecule has 0 aromatic heterocycles. The molecule has 0 spiro atoms. The molecule has 0 aliphatic carbocycles. The molecule has 152 valence electrons. The molecule has 1 aliphatic heterocycles. The smallest absolute Gasteiger partial charge is 0.279 e. The van der Waals surface area contributed by atoms with Gasteiger partial charge in [0.25, 0.3) is 10.2 Å². The van der Waals surface area contributed by atoms with E-state index < -0.39 is 16.0 Å². The van der Waals surface area contributed by atoms with Crippen LogP contribution >= 0.6 is 11.6 Å². The molecule has 1 N–H and O–H groups in total. The summed E-state index contributed by atoms with van der Waals surface area (Å²) in [5, 5.41) is 0.206. The average molecular weight is 426 g/mol. The van der Waals surface area contributed by atoms with Crippen molar-refractivity contribution in [2.24, 2.45) is 0 Å². The van der Waals surface area contributed by atoms with E-state index in [1.54, 1.807) is 6.07 Å². The molecule has 2 aromatic rings. The summed E-state index contributed by atoms with van der Waals surface area (Å²) in [7, 11) is -2.39. The molecule has 1 saturated heterocycles. The highest BCUT2D eigenvalue weighted by molar-refractivity contribution is 7.87. The van der Waals surface area contributed by atoms with Gasteiger partial charge < -0.3 is 0 Å². The third-order valence-corrected chi connectivity index (χ3v) is 6.82. The largest absolute Gasteiger partial charge is 0.299 e. The lowest BCUT2D eigenvalue weighted by Gasteiger charge is -2.20. The van der Waals surface area contributed by atoms with E-state index in [0.717, 1.165) is 35.1 Å². The molecule has 0 saturated carbocycles. The molecule has 5 nitrogen and oxygen atoms in total. The van der Waals surface area contributed by atoms with E-state index >= 15 is 0 Å². The van der Waals surface area contributed by atoms with Gasteiger partial charge in [-0.15, -0.1) is 0 Å². The van der Waals surface area contributed by atoms with Gasteiger partial charge in [0.1, 0.15) is 5.82 Å². The van der Waals surface area contributed by atoms with Gasteiger partial charge in [0.2, 0.25) is 0 Å². The van der Waals surface area contributed by atoms with Crippen molar-refractivity contribution in [1.82, 2.24) is 13.9 Å². The summed E-state index contributed by atoms with van der Waals surface area (Å²) in [6.07, 6.45) is 2.41. The van der Waals surface area contributed by atoms with E-state index in [-0.39, 0.29) is 23.7 Å². The Morgan fingerprint density at radius 1 is 1.11 bits per heavy atom. The summed E-state index contributed by atoms with van der Waals surface area (Å²) in [5.41, 5.74) is 2.22. The van der Waals surface area contributed by atoms with Crippen LogP contribution in [0.25, 0.3) is 0 Å². The highest BCUT2D eigenvalue weighted by atomic mass is 35.5. The van der Waals surface area contributed by atoms with Gasteiger partial charge in [-0.2, -0.15) is 17.4 Å². The van der Waals surface area contributed by atoms with Crippen LogP contribution in [0.15, 0.2) is 42.5 Å². The Morgan fingerprint density at radius 2 is 1.79 bits per heavy atom. The zero-order valence-corrected chi connectivity index (χ0v) is 17.4. The van der Waals surface area contributed by atoms with Gasteiger partial charge in [-0.25, -0.2) is 4.39 Å². The molecule has 3 rings (SSSR count). The maximum absolute atomic E-state index is 14.0. The molecule has 0 bridgehead atoms. The third kappa shape index (κ3) is 5.30. The number of likely N-dealkylation sites (tertiary alicyclic amines) is 1. The maximum Gasteiger partial charge on any atom is 0.279 e. The van der Waals surface area contributed by atoms with Gasteiger partial charge in [0.05, 0.1) is 0 Å². The fraction of sp³-hybridized carbons (Fsp3) is 0.400. The average Bonchev–Trinajstić information content (AvgIpc) is 3.17. The maximum atomic E-state index is 14.0. The third-order valence-electron chi connectivity index (χ3n) is 5.01. The van der Waals surface area contributed by atoms with Crippen LogP contribution in [-0.2, 0) is 29.8 Å². The van der Waals surface area contributed by atoms with E-state index in [2.05, 4.69) is 9.62 Å². The van der Waals surface area contributed by atoms with Crippen molar-refractivity contribution in [3.05, 3.63) is 70.0 Å². The summed E-state index contributed by atoms with van der Waals surface area (Å²) >= 11 is 6.01. The molecular formula is C20H25ClFN3O2S. The minimum Gasteiger partial charge on any atom is -0.299 e. The molecule has 1 aliphatic rings. The van der Waals surface area contributed by atoms with Crippen molar-refractivity contribution in [3.63, 3.8) is 0 Å². The van der Waals surface area contributed by atoms with Gasteiger partial charge in [0.15, 0.2) is 0 Å². The van der Waals surface area contributed by atoms with Crippen LogP contribution in [0.5, 0.6) is 0 Å². The fourth-order valence-electron chi connectivity index (χ4n) is 3.34. The topological polar surface area (TPSA) is 52.7 Å². The number of nitrogens with zero attached hydrogens (tertiary/aromatic N) is 2. The minimum atomic E-state index is -3.79. The number of benzene rings is 2. The zero-order chi connectivity index (χ0) is 20.1. The molecule has 28 heavy (non-hydrogen) atoms. The van der Waals surface area contributed by atoms with Crippen molar-refractivity contribution in [2.75, 3.05) is 20.1 Å². The highest BCUT2D eigenvalue weighted by Crippen LogP contribution is 2.21. The normalized spacial score (nSPS) is 15.4. The second-order valence-electron chi connectivity index (χ2n) is 7.03. The summed E-state index contributed by atoms with van der Waals surface area (Å²) in [6.45, 7) is 3.01. The monoisotopic (exact) mass is 425 g/mol. The van der Waals surface area contributed by atoms with Gasteiger partial charge in [-0.1, -0.05) is 41.9 Å². The lowest BCUT2D eigenvalue weighted by atomic mass is 10.1. The van der Waals surface area contributed by atoms with Crippen LogP contribution in [0, 0.1) is 5.82 Å². The molecule has 0 unspecified atom stereocenters. The fourth-order valence-corrected chi connectivity index (χ4v) is 4.42. The molecule has 0 amide bonds. The van der Waals surface area contributed by atoms with Crippen LogP contribution in [0.4, 0.5) is 4.39 Å². The Morgan fingerprint density at radius 3 is 2.46 bits per heavy atom. The number of halogens is 2. The van der Waals surface area contributed by atoms with E-state index in [1.165, 1.54) is 32.0 Å². The second kappa shape index (κ2) is 9.33. The van der Waals surface area contributed by atoms with Crippen LogP contribution in [0.3, 0.4) is 0 Å². The first-order chi connectivity index (χ1) is 13.4. The Bertz CT molecular complexity index is 897. The predicted molar refractivity (Wildman–Crippen MR) is 110 cm³/mol. The van der Waals surface area contributed by atoms with E-state index in [0.29, 0.717) is 0 Å². The molecule has 1 heterocycles. The first-order valence-electron chi connectivity index (χ1n) is 9.30. The van der Waals surface area contributed by atoms with Gasteiger partial charge in [0, 0.05) is 37.3 Å². The van der Waals surface area contributed by atoms with Crippen LogP contribution in [-0.4, -0.2) is 37.8 Å². The van der Waals surface area contributed by atoms with Gasteiger partial charge >= 0.3 is 0 Å². The summed E-state index contributed by atoms with van der Waals surface area (Å²) < 4.78 is 42.9. The molecule has 0 atom stereocenters. The van der Waals surface area contributed by atoms with Crippen LogP contribution in [0.1, 0.15) is 29.5 Å². The van der Waals surface area contributed by atoms with E-state index in [1.807, 2.05) is 24.3 Å². The Kier molecular flexibility index (Phi) is 7.06. The number of hydrogen-bond acceptors (Lipinski definition) is 3. The Labute approximate surface area is 171 Å². The summed E-state index contributed by atoms with van der Waals surface area (Å²) in [4.78, 5) is 2.37. The molecule has 1 fully saturated rings.